The van der Waals surface area contributed by atoms with Gasteiger partial charge in [-0.15, -0.1) is 0 Å². The molecule has 0 aliphatic heterocycles. The summed E-state index contributed by atoms with van der Waals surface area (Å²) in [5.74, 6) is -0.265. The molecule has 3 nitrogen and oxygen atoms in total. The van der Waals surface area contributed by atoms with Crippen molar-refractivity contribution in [3.63, 3.8) is 0 Å². The van der Waals surface area contributed by atoms with Crippen LogP contribution in [-0.2, 0) is 9.53 Å². The number of halogens is 1. The molecule has 0 heterocycles. The molecule has 0 aromatic heterocycles. The minimum atomic E-state index is -0.718. The van der Waals surface area contributed by atoms with Crippen molar-refractivity contribution in [2.75, 3.05) is 11.9 Å². The molecule has 1 atom stereocenters. The molecule has 1 aromatic rings. The normalized spacial score (nSPS) is 17.6. The Labute approximate surface area is 113 Å². The van der Waals surface area contributed by atoms with Crippen molar-refractivity contribution in [1.29, 1.82) is 0 Å². The van der Waals surface area contributed by atoms with E-state index in [1.165, 1.54) is 12.1 Å². The summed E-state index contributed by atoms with van der Waals surface area (Å²) in [6, 6.07) is 6.21. The molecule has 2 rings (SSSR count). The van der Waals surface area contributed by atoms with Gasteiger partial charge in [-0.1, -0.05) is 13.0 Å². The summed E-state index contributed by atoms with van der Waals surface area (Å²) in [7, 11) is 0. The molecule has 19 heavy (non-hydrogen) atoms. The summed E-state index contributed by atoms with van der Waals surface area (Å²) >= 11 is 0. The van der Waals surface area contributed by atoms with Crippen molar-refractivity contribution < 1.29 is 13.9 Å². The number of hydrogen-bond acceptors (Lipinski definition) is 3. The minimum Gasteiger partial charge on any atom is -0.464 e. The zero-order valence-electron chi connectivity index (χ0n) is 11.4. The lowest BCUT2D eigenvalue weighted by Gasteiger charge is -2.32. The summed E-state index contributed by atoms with van der Waals surface area (Å²) in [5, 5.41) is 3.22. The lowest BCUT2D eigenvalue weighted by molar-refractivity contribution is -0.149. The van der Waals surface area contributed by atoms with Crippen LogP contribution in [0.1, 0.15) is 33.1 Å². The quantitative estimate of drug-likeness (QED) is 0.801. The van der Waals surface area contributed by atoms with Gasteiger partial charge < -0.3 is 10.1 Å². The van der Waals surface area contributed by atoms with E-state index in [0.717, 1.165) is 12.8 Å². The number of carbonyl (C=O) groups is 1. The predicted molar refractivity (Wildman–Crippen MR) is 72.4 cm³/mol. The highest BCUT2D eigenvalue weighted by Crippen LogP contribution is 2.44. The second-order valence-corrected chi connectivity index (χ2v) is 4.95. The Balaban J connectivity index is 2.25. The van der Waals surface area contributed by atoms with Gasteiger partial charge in [-0.25, -0.2) is 9.18 Å². The second kappa shape index (κ2) is 5.59. The van der Waals surface area contributed by atoms with Crippen LogP contribution >= 0.6 is 0 Å². The first-order chi connectivity index (χ1) is 9.12. The van der Waals surface area contributed by atoms with Gasteiger partial charge in [0.2, 0.25) is 0 Å². The number of nitrogens with one attached hydrogen (secondary N) is 1. The summed E-state index contributed by atoms with van der Waals surface area (Å²) in [4.78, 5) is 12.3. The third-order valence-electron chi connectivity index (χ3n) is 3.66. The average molecular weight is 265 g/mol. The second-order valence-electron chi connectivity index (χ2n) is 4.95. The van der Waals surface area contributed by atoms with Gasteiger partial charge in [-0.3, -0.25) is 0 Å². The van der Waals surface area contributed by atoms with Crippen LogP contribution in [0.4, 0.5) is 10.1 Å². The van der Waals surface area contributed by atoms with Crippen molar-refractivity contribution in [2.24, 2.45) is 5.92 Å². The van der Waals surface area contributed by atoms with Gasteiger partial charge in [-0.2, -0.15) is 0 Å². The average Bonchev–Trinajstić information content (AvgIpc) is 3.21. The summed E-state index contributed by atoms with van der Waals surface area (Å²) in [5.41, 5.74) is -0.0918. The first-order valence-electron chi connectivity index (χ1n) is 6.83. The summed E-state index contributed by atoms with van der Waals surface area (Å²) in [6.45, 7) is 4.12. The number of rotatable bonds is 6. The Hall–Kier alpha value is -1.58. The van der Waals surface area contributed by atoms with E-state index in [9.17, 15) is 9.18 Å². The fourth-order valence-corrected chi connectivity index (χ4v) is 2.50. The van der Waals surface area contributed by atoms with Crippen molar-refractivity contribution in [3.8, 4) is 0 Å². The van der Waals surface area contributed by atoms with Crippen LogP contribution < -0.4 is 5.32 Å². The Morgan fingerprint density at radius 1 is 1.47 bits per heavy atom. The molecule has 0 bridgehead atoms. The van der Waals surface area contributed by atoms with Crippen LogP contribution in [0, 0.1) is 11.7 Å². The van der Waals surface area contributed by atoms with Gasteiger partial charge in [0.1, 0.15) is 11.4 Å². The largest absolute Gasteiger partial charge is 0.464 e. The molecule has 1 aliphatic carbocycles. The van der Waals surface area contributed by atoms with E-state index in [2.05, 4.69) is 5.32 Å². The van der Waals surface area contributed by atoms with Gasteiger partial charge in [-0.05, 0) is 50.3 Å². The number of ether oxygens (including phenoxy) is 1. The lowest BCUT2D eigenvalue weighted by atomic mass is 9.89. The van der Waals surface area contributed by atoms with Crippen LogP contribution in [-0.4, -0.2) is 18.1 Å². The highest BCUT2D eigenvalue weighted by molar-refractivity contribution is 5.85. The molecule has 0 saturated heterocycles. The maximum atomic E-state index is 13.3. The third kappa shape index (κ3) is 2.88. The van der Waals surface area contributed by atoms with Gasteiger partial charge in [0.15, 0.2) is 0 Å². The number of esters is 1. The number of anilines is 1. The zero-order valence-corrected chi connectivity index (χ0v) is 11.4. The molecule has 1 saturated carbocycles. The van der Waals surface area contributed by atoms with E-state index in [4.69, 9.17) is 4.74 Å². The van der Waals surface area contributed by atoms with Crippen LogP contribution in [0.15, 0.2) is 24.3 Å². The Morgan fingerprint density at radius 3 is 2.74 bits per heavy atom. The molecular formula is C15H20FNO2. The predicted octanol–water partition coefficient (Wildman–Crippen LogP) is 3.36. The number of hydrogen-bond donors (Lipinski definition) is 1. The number of carbonyl (C=O) groups excluding carboxylic acids is 1. The van der Waals surface area contributed by atoms with Gasteiger partial charge >= 0.3 is 5.97 Å². The van der Waals surface area contributed by atoms with E-state index in [1.807, 2.05) is 6.92 Å². The van der Waals surface area contributed by atoms with Crippen LogP contribution in [0.3, 0.4) is 0 Å². The van der Waals surface area contributed by atoms with Gasteiger partial charge in [0, 0.05) is 5.69 Å². The fourth-order valence-electron chi connectivity index (χ4n) is 2.50. The van der Waals surface area contributed by atoms with E-state index in [1.54, 1.807) is 19.1 Å². The molecule has 0 spiro atoms. The third-order valence-corrected chi connectivity index (χ3v) is 3.66. The van der Waals surface area contributed by atoms with E-state index >= 15 is 0 Å². The maximum Gasteiger partial charge on any atom is 0.332 e. The molecule has 0 amide bonds. The molecule has 0 radical (unpaired) electrons. The molecule has 104 valence electrons. The Morgan fingerprint density at radius 2 is 2.21 bits per heavy atom. The molecule has 4 heteroatoms. The van der Waals surface area contributed by atoms with E-state index < -0.39 is 5.54 Å². The highest BCUT2D eigenvalue weighted by Gasteiger charge is 2.50. The van der Waals surface area contributed by atoms with E-state index in [-0.39, 0.29) is 17.7 Å². The molecule has 1 N–H and O–H groups in total. The van der Waals surface area contributed by atoms with Gasteiger partial charge in [0.05, 0.1) is 6.61 Å². The first-order valence-corrected chi connectivity index (χ1v) is 6.83. The lowest BCUT2D eigenvalue weighted by Crippen LogP contribution is -2.49. The molecule has 1 aromatic carbocycles. The molecule has 1 unspecified atom stereocenters. The fraction of sp³-hybridized carbons (Fsp3) is 0.533. The first kappa shape index (κ1) is 13.8. The van der Waals surface area contributed by atoms with Crippen molar-refractivity contribution >= 4 is 11.7 Å². The van der Waals surface area contributed by atoms with Crippen molar-refractivity contribution in [1.82, 2.24) is 0 Å². The molecule has 1 fully saturated rings. The SMILES string of the molecule is CCOC(=O)C(CC)(Nc1cccc(F)c1)C1CC1. The van der Waals surface area contributed by atoms with Gasteiger partial charge in [0.25, 0.3) is 0 Å². The molecular weight excluding hydrogens is 245 g/mol. The monoisotopic (exact) mass is 265 g/mol. The Kier molecular flexibility index (Phi) is 4.08. The number of benzene rings is 1. The smallest absolute Gasteiger partial charge is 0.332 e. The van der Waals surface area contributed by atoms with Crippen LogP contribution in [0.25, 0.3) is 0 Å². The minimum absolute atomic E-state index is 0.232. The maximum absolute atomic E-state index is 13.3. The standard InChI is InChI=1S/C15H20FNO2/c1-3-15(11-8-9-11,14(18)19-4-2)17-13-7-5-6-12(16)10-13/h5-7,10-11,17H,3-4,8-9H2,1-2H3. The topological polar surface area (TPSA) is 38.3 Å². The molecule has 1 aliphatic rings. The van der Waals surface area contributed by atoms with Crippen LogP contribution in [0.2, 0.25) is 0 Å². The van der Waals surface area contributed by atoms with E-state index in [0.29, 0.717) is 18.7 Å². The zero-order chi connectivity index (χ0) is 13.9. The van der Waals surface area contributed by atoms with Crippen molar-refractivity contribution in [2.45, 2.75) is 38.6 Å². The van der Waals surface area contributed by atoms with Crippen molar-refractivity contribution in [3.05, 3.63) is 30.1 Å². The highest BCUT2D eigenvalue weighted by atomic mass is 19.1. The Bertz CT molecular complexity index is 459. The van der Waals surface area contributed by atoms with Crippen LogP contribution in [0.5, 0.6) is 0 Å². The summed E-state index contributed by atoms with van der Waals surface area (Å²) < 4.78 is 18.5. The summed E-state index contributed by atoms with van der Waals surface area (Å²) in [6.07, 6.45) is 2.65.